The molecular weight excluding hydrogens is 428 g/mol. The number of carbonyl (C=O) groups is 2. The Morgan fingerprint density at radius 1 is 0.939 bits per heavy atom. The molecule has 0 amide bonds. The summed E-state index contributed by atoms with van der Waals surface area (Å²) < 4.78 is 34.6. The fraction of sp³-hybridized carbons (Fsp3) is 0.440. The van der Waals surface area contributed by atoms with E-state index in [1.807, 2.05) is 26.0 Å². The van der Waals surface area contributed by atoms with E-state index in [1.165, 1.54) is 0 Å². The van der Waals surface area contributed by atoms with Crippen LogP contribution in [0.15, 0.2) is 60.7 Å². The van der Waals surface area contributed by atoms with Crippen LogP contribution in [0, 0.1) is 0 Å². The van der Waals surface area contributed by atoms with Crippen molar-refractivity contribution in [2.24, 2.45) is 0 Å². The Bertz CT molecular complexity index is 945. The van der Waals surface area contributed by atoms with E-state index in [9.17, 15) is 9.59 Å². The average molecular weight is 456 g/mol. The first-order valence-corrected chi connectivity index (χ1v) is 10.9. The zero-order valence-corrected chi connectivity index (χ0v) is 18.8. The molecular formula is C25H28O8. The number of esters is 2. The number of benzene rings is 2. The van der Waals surface area contributed by atoms with Crippen LogP contribution >= 0.6 is 0 Å². The first-order chi connectivity index (χ1) is 15.9. The van der Waals surface area contributed by atoms with Gasteiger partial charge in [-0.15, -0.1) is 0 Å². The Balaban J connectivity index is 1.45. The summed E-state index contributed by atoms with van der Waals surface area (Å²) in [6.45, 7) is 3.49. The lowest BCUT2D eigenvalue weighted by atomic mass is 10.0. The maximum atomic E-state index is 12.7. The molecule has 1 unspecified atom stereocenters. The summed E-state index contributed by atoms with van der Waals surface area (Å²) in [5.41, 5.74) is 0.814. The van der Waals surface area contributed by atoms with Crippen LogP contribution in [-0.4, -0.2) is 62.1 Å². The van der Waals surface area contributed by atoms with E-state index in [0.717, 1.165) is 0 Å². The molecule has 2 saturated heterocycles. The van der Waals surface area contributed by atoms with Gasteiger partial charge in [0, 0.05) is 13.5 Å². The fourth-order valence-electron chi connectivity index (χ4n) is 4.05. The molecule has 2 aliphatic heterocycles. The van der Waals surface area contributed by atoms with E-state index in [1.54, 1.807) is 55.6 Å². The number of methoxy groups -OCH3 is 1. The molecule has 176 valence electrons. The Morgan fingerprint density at radius 3 is 2.15 bits per heavy atom. The lowest BCUT2D eigenvalue weighted by Crippen LogP contribution is -2.39. The summed E-state index contributed by atoms with van der Waals surface area (Å²) in [6.07, 6.45) is -2.44. The van der Waals surface area contributed by atoms with Crippen molar-refractivity contribution in [1.82, 2.24) is 0 Å². The molecule has 5 atom stereocenters. The van der Waals surface area contributed by atoms with Gasteiger partial charge in [0.05, 0.1) is 17.2 Å². The zero-order chi connectivity index (χ0) is 23.4. The maximum absolute atomic E-state index is 12.7. The predicted octanol–water partition coefficient (Wildman–Crippen LogP) is 3.35. The quantitative estimate of drug-likeness (QED) is 0.559. The molecule has 0 aromatic heterocycles. The minimum Gasteiger partial charge on any atom is -0.458 e. The molecule has 0 N–H and O–H groups in total. The zero-order valence-electron chi connectivity index (χ0n) is 18.8. The molecule has 2 heterocycles. The highest BCUT2D eigenvalue weighted by atomic mass is 16.8. The third-order valence-electron chi connectivity index (χ3n) is 5.55. The van der Waals surface area contributed by atoms with Crippen LogP contribution in [0.2, 0.25) is 0 Å². The molecule has 2 aromatic rings. The Morgan fingerprint density at radius 2 is 1.55 bits per heavy atom. The van der Waals surface area contributed by atoms with E-state index >= 15 is 0 Å². The van der Waals surface area contributed by atoms with Crippen molar-refractivity contribution in [1.29, 1.82) is 0 Å². The maximum Gasteiger partial charge on any atom is 0.338 e. The second-order valence-corrected chi connectivity index (χ2v) is 8.44. The SMILES string of the molecule is CO[C@H]1C(C[C@@H](COC(=O)c2ccccc2)OC(=O)c2ccccc2)O[C@@H]2OC(C)(C)O[C@@H]21. The molecule has 4 rings (SSSR count). The number of hydrogen-bond acceptors (Lipinski definition) is 8. The van der Waals surface area contributed by atoms with Crippen molar-refractivity contribution < 1.29 is 38.0 Å². The summed E-state index contributed by atoms with van der Waals surface area (Å²) in [5.74, 6) is -1.80. The number of rotatable bonds is 8. The first-order valence-electron chi connectivity index (χ1n) is 10.9. The molecule has 0 bridgehead atoms. The van der Waals surface area contributed by atoms with Gasteiger partial charge >= 0.3 is 11.9 Å². The van der Waals surface area contributed by atoms with E-state index in [2.05, 4.69) is 0 Å². The van der Waals surface area contributed by atoms with Crippen molar-refractivity contribution in [3.8, 4) is 0 Å². The van der Waals surface area contributed by atoms with E-state index < -0.39 is 48.4 Å². The van der Waals surface area contributed by atoms with Gasteiger partial charge in [-0.1, -0.05) is 36.4 Å². The summed E-state index contributed by atoms with van der Waals surface area (Å²) in [6, 6.07) is 17.3. The van der Waals surface area contributed by atoms with Gasteiger partial charge in [0.2, 0.25) is 0 Å². The van der Waals surface area contributed by atoms with E-state index in [-0.39, 0.29) is 13.0 Å². The van der Waals surface area contributed by atoms with Gasteiger partial charge < -0.3 is 28.4 Å². The molecule has 8 heteroatoms. The normalized spacial score (nSPS) is 26.4. The minimum absolute atomic E-state index is 0.134. The van der Waals surface area contributed by atoms with Crippen molar-refractivity contribution in [3.63, 3.8) is 0 Å². The van der Waals surface area contributed by atoms with Gasteiger partial charge in [0.25, 0.3) is 0 Å². The van der Waals surface area contributed by atoms with Crippen LogP contribution < -0.4 is 0 Å². The predicted molar refractivity (Wildman–Crippen MR) is 116 cm³/mol. The number of fused-ring (bicyclic) bond motifs is 1. The van der Waals surface area contributed by atoms with Gasteiger partial charge in [-0.25, -0.2) is 9.59 Å². The Kier molecular flexibility index (Phi) is 7.09. The number of carbonyl (C=O) groups excluding carboxylic acids is 2. The molecule has 0 spiro atoms. The lowest BCUT2D eigenvalue weighted by Gasteiger charge is -2.27. The molecule has 0 aliphatic carbocycles. The minimum atomic E-state index is -0.776. The van der Waals surface area contributed by atoms with Crippen LogP contribution in [0.3, 0.4) is 0 Å². The highest BCUT2D eigenvalue weighted by molar-refractivity contribution is 5.90. The highest BCUT2D eigenvalue weighted by Crippen LogP contribution is 2.39. The standard InChI is InChI=1S/C25H28O8/c1-25(2)32-21-20(28-3)19(31-24(21)33-25)14-18(30-23(27)17-12-8-5-9-13-17)15-29-22(26)16-10-6-4-7-11-16/h4-13,18-21,24H,14-15H2,1-3H3/t18-,19?,20-,21+,24+/m0/s1. The highest BCUT2D eigenvalue weighted by Gasteiger charge is 2.55. The summed E-state index contributed by atoms with van der Waals surface area (Å²) in [4.78, 5) is 25.1. The third-order valence-corrected chi connectivity index (χ3v) is 5.55. The summed E-state index contributed by atoms with van der Waals surface area (Å²) >= 11 is 0. The van der Waals surface area contributed by atoms with E-state index in [4.69, 9.17) is 28.4 Å². The van der Waals surface area contributed by atoms with Crippen molar-refractivity contribution in [3.05, 3.63) is 71.8 Å². The molecule has 0 saturated carbocycles. The topological polar surface area (TPSA) is 89.5 Å². The largest absolute Gasteiger partial charge is 0.458 e. The Hall–Kier alpha value is -2.78. The monoisotopic (exact) mass is 456 g/mol. The van der Waals surface area contributed by atoms with Gasteiger partial charge in [0.1, 0.15) is 24.9 Å². The smallest absolute Gasteiger partial charge is 0.338 e. The van der Waals surface area contributed by atoms with Gasteiger partial charge in [0.15, 0.2) is 12.1 Å². The first kappa shape index (κ1) is 23.4. The molecule has 2 aliphatic rings. The number of ether oxygens (including phenoxy) is 6. The average Bonchev–Trinajstić information content (AvgIpc) is 3.28. The second-order valence-electron chi connectivity index (χ2n) is 8.44. The summed E-state index contributed by atoms with van der Waals surface area (Å²) in [7, 11) is 1.57. The summed E-state index contributed by atoms with van der Waals surface area (Å²) in [5, 5.41) is 0. The van der Waals surface area contributed by atoms with Crippen molar-refractivity contribution in [2.75, 3.05) is 13.7 Å². The van der Waals surface area contributed by atoms with Gasteiger partial charge in [-0.2, -0.15) is 0 Å². The molecule has 2 fully saturated rings. The van der Waals surface area contributed by atoms with Gasteiger partial charge in [-0.3, -0.25) is 0 Å². The van der Waals surface area contributed by atoms with Crippen LogP contribution in [0.4, 0.5) is 0 Å². The molecule has 33 heavy (non-hydrogen) atoms. The van der Waals surface area contributed by atoms with E-state index in [0.29, 0.717) is 11.1 Å². The van der Waals surface area contributed by atoms with Crippen LogP contribution in [0.5, 0.6) is 0 Å². The second kappa shape index (κ2) is 10.0. The fourth-order valence-corrected chi connectivity index (χ4v) is 4.05. The molecule has 0 radical (unpaired) electrons. The molecule has 8 nitrogen and oxygen atoms in total. The van der Waals surface area contributed by atoms with Crippen molar-refractivity contribution in [2.45, 2.75) is 56.8 Å². The third kappa shape index (κ3) is 5.59. The van der Waals surface area contributed by atoms with Crippen LogP contribution in [0.1, 0.15) is 41.0 Å². The molecule has 2 aromatic carbocycles. The number of hydrogen-bond donors (Lipinski definition) is 0. The van der Waals surface area contributed by atoms with Gasteiger partial charge in [-0.05, 0) is 38.1 Å². The van der Waals surface area contributed by atoms with Crippen LogP contribution in [-0.2, 0) is 28.4 Å². The van der Waals surface area contributed by atoms with Crippen LogP contribution in [0.25, 0.3) is 0 Å². The Labute approximate surface area is 192 Å². The lowest BCUT2D eigenvalue weighted by molar-refractivity contribution is -0.219. The van der Waals surface area contributed by atoms with Crippen molar-refractivity contribution >= 4 is 11.9 Å².